The minimum atomic E-state index is -0.436. The molecule has 0 radical (unpaired) electrons. The van der Waals surface area contributed by atoms with E-state index in [1.165, 1.54) is 35.2 Å². The molecule has 3 aromatic carbocycles. The van der Waals surface area contributed by atoms with Crippen molar-refractivity contribution >= 4 is 52.3 Å². The van der Waals surface area contributed by atoms with Gasteiger partial charge in [-0.05, 0) is 80.1 Å². The van der Waals surface area contributed by atoms with Gasteiger partial charge in [0, 0.05) is 30.2 Å². The number of ether oxygens (including phenoxy) is 1. The number of amides is 4. The fourth-order valence-corrected chi connectivity index (χ4v) is 3.45. The first kappa shape index (κ1) is 26.1. The summed E-state index contributed by atoms with van der Waals surface area (Å²) in [6.45, 7) is 3.03. The number of halogens is 3. The third-order valence-corrected chi connectivity index (χ3v) is 5.56. The van der Waals surface area contributed by atoms with Crippen molar-refractivity contribution in [2.24, 2.45) is 0 Å². The minimum Gasteiger partial charge on any atom is -0.494 e. The van der Waals surface area contributed by atoms with Gasteiger partial charge in [0.2, 0.25) is 0 Å². The van der Waals surface area contributed by atoms with Crippen molar-refractivity contribution in [2.75, 3.05) is 35.2 Å². The Bertz CT molecular complexity index is 1140. The number of hydrogen-bond donors (Lipinski definition) is 3. The number of carbonyl (C=O) groups excluding carboxylic acids is 2. The highest BCUT2D eigenvalue weighted by molar-refractivity contribution is 6.42. The molecular weight excluding hydrogens is 494 g/mol. The zero-order valence-corrected chi connectivity index (χ0v) is 20.5. The lowest BCUT2D eigenvalue weighted by molar-refractivity contribution is 0.252. The Hall–Kier alpha value is -3.49. The van der Waals surface area contributed by atoms with Crippen LogP contribution >= 0.6 is 23.2 Å². The van der Waals surface area contributed by atoms with Crippen molar-refractivity contribution in [3.63, 3.8) is 0 Å². The maximum Gasteiger partial charge on any atom is 0.326 e. The molecule has 0 bridgehead atoms. The molecule has 0 aromatic heterocycles. The lowest BCUT2D eigenvalue weighted by atomic mass is 10.2. The molecule has 0 unspecified atom stereocenters. The van der Waals surface area contributed by atoms with Crippen LogP contribution in [-0.2, 0) is 0 Å². The quantitative estimate of drug-likeness (QED) is 0.273. The average Bonchev–Trinajstić information content (AvgIpc) is 2.83. The van der Waals surface area contributed by atoms with Crippen molar-refractivity contribution in [3.8, 4) is 5.75 Å². The van der Waals surface area contributed by atoms with Gasteiger partial charge in [-0.2, -0.15) is 0 Å². The second-order valence-corrected chi connectivity index (χ2v) is 8.19. The van der Waals surface area contributed by atoms with Crippen LogP contribution in [0.1, 0.15) is 13.3 Å². The molecule has 0 aliphatic rings. The van der Waals surface area contributed by atoms with Gasteiger partial charge >= 0.3 is 12.1 Å². The summed E-state index contributed by atoms with van der Waals surface area (Å²) >= 11 is 12.0. The zero-order chi connectivity index (χ0) is 25.2. The van der Waals surface area contributed by atoms with Crippen LogP contribution < -0.4 is 25.6 Å². The normalized spacial score (nSPS) is 10.4. The predicted molar refractivity (Wildman–Crippen MR) is 138 cm³/mol. The maximum absolute atomic E-state index is 13.4. The van der Waals surface area contributed by atoms with E-state index in [0.717, 1.165) is 5.75 Å². The van der Waals surface area contributed by atoms with Gasteiger partial charge in [-0.25, -0.2) is 14.0 Å². The van der Waals surface area contributed by atoms with Gasteiger partial charge < -0.3 is 20.7 Å². The molecular formula is C25H25Cl2FN4O3. The summed E-state index contributed by atoms with van der Waals surface area (Å²) in [4.78, 5) is 26.6. The van der Waals surface area contributed by atoms with E-state index in [1.54, 1.807) is 36.4 Å². The van der Waals surface area contributed by atoms with E-state index in [1.807, 2.05) is 6.92 Å². The Morgan fingerprint density at radius 2 is 1.60 bits per heavy atom. The Balaban J connectivity index is 1.56. The summed E-state index contributed by atoms with van der Waals surface area (Å²) in [6.07, 6.45) is 0.447. The molecule has 0 saturated carbocycles. The highest BCUT2D eigenvalue weighted by Gasteiger charge is 2.16. The lowest BCUT2D eigenvalue weighted by Crippen LogP contribution is -2.38. The Morgan fingerprint density at radius 1 is 0.914 bits per heavy atom. The molecule has 0 atom stereocenters. The summed E-state index contributed by atoms with van der Waals surface area (Å²) in [5.74, 6) is 0.310. The molecule has 3 N–H and O–H groups in total. The van der Waals surface area contributed by atoms with Crippen LogP contribution in [0.25, 0.3) is 0 Å². The number of benzene rings is 3. The van der Waals surface area contributed by atoms with Crippen LogP contribution in [0.2, 0.25) is 10.0 Å². The number of nitrogens with one attached hydrogen (secondary N) is 3. The van der Waals surface area contributed by atoms with E-state index in [-0.39, 0.29) is 12.6 Å². The van der Waals surface area contributed by atoms with Crippen LogP contribution in [-0.4, -0.2) is 31.8 Å². The SMILES string of the molecule is CCOc1ccc(NC(=O)NCCCN(C(=O)Nc2ccc(Cl)c(Cl)c2)c2ccc(F)cc2)cc1. The molecule has 10 heteroatoms. The molecule has 0 aliphatic carbocycles. The van der Waals surface area contributed by atoms with Crippen LogP contribution in [0.3, 0.4) is 0 Å². The highest BCUT2D eigenvalue weighted by Crippen LogP contribution is 2.26. The van der Waals surface area contributed by atoms with Crippen molar-refractivity contribution in [1.82, 2.24) is 5.32 Å². The van der Waals surface area contributed by atoms with Crippen molar-refractivity contribution in [2.45, 2.75) is 13.3 Å². The third kappa shape index (κ3) is 8.05. The summed E-state index contributed by atoms with van der Waals surface area (Å²) in [6, 6.07) is 16.5. The summed E-state index contributed by atoms with van der Waals surface area (Å²) in [5.41, 5.74) is 1.59. The number of urea groups is 2. The van der Waals surface area contributed by atoms with Crippen molar-refractivity contribution < 1.29 is 18.7 Å². The molecule has 0 fully saturated rings. The predicted octanol–water partition coefficient (Wildman–Crippen LogP) is 6.78. The molecule has 3 rings (SSSR count). The second kappa shape index (κ2) is 12.8. The van der Waals surface area contributed by atoms with E-state index < -0.39 is 11.8 Å². The second-order valence-electron chi connectivity index (χ2n) is 7.38. The summed E-state index contributed by atoms with van der Waals surface area (Å²) in [5, 5.41) is 8.93. The average molecular weight is 519 g/mol. The number of hydrogen-bond acceptors (Lipinski definition) is 3. The van der Waals surface area contributed by atoms with Crippen molar-refractivity contribution in [1.29, 1.82) is 0 Å². The van der Waals surface area contributed by atoms with Crippen LogP contribution in [0.5, 0.6) is 5.75 Å². The Labute approximate surface area is 213 Å². The lowest BCUT2D eigenvalue weighted by Gasteiger charge is -2.23. The molecule has 4 amide bonds. The molecule has 3 aromatic rings. The molecule has 0 heterocycles. The molecule has 0 aliphatic heterocycles. The molecule has 0 spiro atoms. The molecule has 7 nitrogen and oxygen atoms in total. The number of rotatable bonds is 9. The standard InChI is InChI=1S/C25H25Cl2FN4O3/c1-2-35-21-11-6-18(7-12-21)30-24(33)29-14-3-15-32(20-9-4-17(28)5-10-20)25(34)31-19-8-13-22(26)23(27)16-19/h4-13,16H,2-3,14-15H2,1H3,(H,31,34)(H2,29,30,33). The fourth-order valence-electron chi connectivity index (χ4n) is 3.15. The van der Waals surface area contributed by atoms with Crippen molar-refractivity contribution in [3.05, 3.63) is 82.6 Å². The van der Waals surface area contributed by atoms with Gasteiger partial charge in [0.1, 0.15) is 11.6 Å². The number of nitrogens with zero attached hydrogens (tertiary/aromatic N) is 1. The third-order valence-electron chi connectivity index (χ3n) is 4.82. The molecule has 184 valence electrons. The van der Waals surface area contributed by atoms with Gasteiger partial charge in [0.15, 0.2) is 0 Å². The highest BCUT2D eigenvalue weighted by atomic mass is 35.5. The van der Waals surface area contributed by atoms with E-state index in [4.69, 9.17) is 27.9 Å². The topological polar surface area (TPSA) is 82.7 Å². The summed E-state index contributed by atoms with van der Waals surface area (Å²) in [7, 11) is 0. The van der Waals surface area contributed by atoms with Gasteiger partial charge in [0.25, 0.3) is 0 Å². The van der Waals surface area contributed by atoms with Crippen LogP contribution in [0.4, 0.5) is 31.0 Å². The van der Waals surface area contributed by atoms with E-state index >= 15 is 0 Å². The van der Waals surface area contributed by atoms with Gasteiger partial charge in [0.05, 0.1) is 16.7 Å². The number of carbonyl (C=O) groups is 2. The van der Waals surface area contributed by atoms with Gasteiger partial charge in [-0.15, -0.1) is 0 Å². The first-order chi connectivity index (χ1) is 16.9. The smallest absolute Gasteiger partial charge is 0.326 e. The summed E-state index contributed by atoms with van der Waals surface area (Å²) < 4.78 is 18.8. The first-order valence-corrected chi connectivity index (χ1v) is 11.7. The van der Waals surface area contributed by atoms with Gasteiger partial charge in [-0.3, -0.25) is 4.90 Å². The minimum absolute atomic E-state index is 0.266. The first-order valence-electron chi connectivity index (χ1n) is 10.9. The Kier molecular flexibility index (Phi) is 9.57. The van der Waals surface area contributed by atoms with E-state index in [2.05, 4.69) is 16.0 Å². The van der Waals surface area contributed by atoms with Crippen LogP contribution in [0.15, 0.2) is 66.7 Å². The largest absolute Gasteiger partial charge is 0.494 e. The van der Waals surface area contributed by atoms with E-state index in [9.17, 15) is 14.0 Å². The van der Waals surface area contributed by atoms with E-state index in [0.29, 0.717) is 46.7 Å². The molecule has 0 saturated heterocycles. The monoisotopic (exact) mass is 518 g/mol. The van der Waals surface area contributed by atoms with Gasteiger partial charge in [-0.1, -0.05) is 23.2 Å². The molecule has 35 heavy (non-hydrogen) atoms. The fraction of sp³-hybridized carbons (Fsp3) is 0.200. The maximum atomic E-state index is 13.4. The van der Waals surface area contributed by atoms with Crippen LogP contribution in [0, 0.1) is 5.82 Å². The number of anilines is 3. The zero-order valence-electron chi connectivity index (χ0n) is 19.0. The Morgan fingerprint density at radius 3 is 2.26 bits per heavy atom.